The van der Waals surface area contributed by atoms with Gasteiger partial charge in [0, 0.05) is 5.56 Å². The number of benzene rings is 2. The molecule has 1 aromatic heterocycles. The Labute approximate surface area is 212 Å². The maximum Gasteiger partial charge on any atom is 0.350 e. The lowest BCUT2D eigenvalue weighted by Crippen LogP contribution is -2.29. The zero-order valence-corrected chi connectivity index (χ0v) is 21.2. The summed E-state index contributed by atoms with van der Waals surface area (Å²) in [5, 5.41) is 11.4. The van der Waals surface area contributed by atoms with E-state index in [1.54, 1.807) is 50.2 Å². The Morgan fingerprint density at radius 3 is 2.31 bits per heavy atom. The number of nitrogens with zero attached hydrogens (tertiary/aromatic N) is 2. The summed E-state index contributed by atoms with van der Waals surface area (Å²) in [7, 11) is 0. The molecule has 1 aliphatic heterocycles. The van der Waals surface area contributed by atoms with Crippen LogP contribution in [0.2, 0.25) is 0 Å². The predicted octanol–water partition coefficient (Wildman–Crippen LogP) is 4.96. The highest BCUT2D eigenvalue weighted by Crippen LogP contribution is 2.44. The molecule has 3 aromatic rings. The number of aromatic nitrogens is 1. The van der Waals surface area contributed by atoms with Crippen molar-refractivity contribution in [2.75, 3.05) is 18.1 Å². The zero-order valence-electron chi connectivity index (χ0n) is 20.4. The highest BCUT2D eigenvalue weighted by Gasteiger charge is 2.48. The van der Waals surface area contributed by atoms with Crippen molar-refractivity contribution >= 4 is 39.9 Å². The van der Waals surface area contributed by atoms with E-state index in [0.717, 1.165) is 16.9 Å². The van der Waals surface area contributed by atoms with E-state index >= 15 is 0 Å². The van der Waals surface area contributed by atoms with Gasteiger partial charge >= 0.3 is 11.9 Å². The van der Waals surface area contributed by atoms with Gasteiger partial charge in [0.1, 0.15) is 16.4 Å². The number of hydrogen-bond acceptors (Lipinski definition) is 8. The average Bonchev–Trinajstić information content (AvgIpc) is 3.37. The standard InChI is InChI=1S/C27H26N2O6S/c1-5-34-19-13-11-18(12-14-19)22(30)20-21(17-9-7-15(3)8-10-17)29(25(32)23(20)31)27-28-16(4)24(36-27)26(33)35-6-2/h7-14,21,30H,5-6H2,1-4H3/b22-20+/t21-/m0/s1. The molecule has 0 saturated carbocycles. The van der Waals surface area contributed by atoms with E-state index in [9.17, 15) is 19.5 Å². The number of ketones is 1. The van der Waals surface area contributed by atoms with Gasteiger partial charge in [0.05, 0.1) is 30.5 Å². The molecule has 1 N–H and O–H groups in total. The molecule has 0 bridgehead atoms. The van der Waals surface area contributed by atoms with Crippen LogP contribution in [0.15, 0.2) is 54.1 Å². The second-order valence-electron chi connectivity index (χ2n) is 8.17. The molecule has 8 nitrogen and oxygen atoms in total. The van der Waals surface area contributed by atoms with Gasteiger partial charge in [-0.1, -0.05) is 41.2 Å². The molecule has 1 fully saturated rings. The van der Waals surface area contributed by atoms with Gasteiger partial charge in [-0.15, -0.1) is 0 Å². The number of aryl methyl sites for hydroxylation is 2. The van der Waals surface area contributed by atoms with Crippen molar-refractivity contribution in [1.29, 1.82) is 0 Å². The second-order valence-corrected chi connectivity index (χ2v) is 9.15. The van der Waals surface area contributed by atoms with E-state index in [-0.39, 0.29) is 27.9 Å². The lowest BCUT2D eigenvalue weighted by atomic mass is 9.95. The molecule has 0 aliphatic carbocycles. The van der Waals surface area contributed by atoms with Crippen molar-refractivity contribution in [3.05, 3.63) is 81.4 Å². The van der Waals surface area contributed by atoms with Crippen LogP contribution in [0.3, 0.4) is 0 Å². The second kappa shape index (κ2) is 10.3. The number of aliphatic hydroxyl groups is 1. The zero-order chi connectivity index (χ0) is 26.0. The van der Waals surface area contributed by atoms with Gasteiger partial charge in [-0.25, -0.2) is 9.78 Å². The molecular weight excluding hydrogens is 480 g/mol. The highest BCUT2D eigenvalue weighted by atomic mass is 32.1. The number of hydrogen-bond donors (Lipinski definition) is 1. The fourth-order valence-electron chi connectivity index (χ4n) is 4.00. The highest BCUT2D eigenvalue weighted by molar-refractivity contribution is 7.17. The molecule has 2 heterocycles. The van der Waals surface area contributed by atoms with Crippen LogP contribution in [0.1, 0.15) is 51.9 Å². The first-order valence-corrected chi connectivity index (χ1v) is 12.3. The maximum atomic E-state index is 13.3. The number of anilines is 1. The van der Waals surface area contributed by atoms with Gasteiger partial charge in [0.2, 0.25) is 0 Å². The van der Waals surface area contributed by atoms with Crippen molar-refractivity contribution in [3.8, 4) is 5.75 Å². The van der Waals surface area contributed by atoms with Crippen LogP contribution in [-0.4, -0.2) is 41.0 Å². The smallest absolute Gasteiger partial charge is 0.350 e. The Bertz CT molecular complexity index is 1340. The molecule has 9 heteroatoms. The molecule has 36 heavy (non-hydrogen) atoms. The van der Waals surface area contributed by atoms with E-state index in [4.69, 9.17) is 9.47 Å². The number of aliphatic hydroxyl groups excluding tert-OH is 1. The molecule has 1 atom stereocenters. The number of Topliss-reactive ketones (excluding diaryl/α,β-unsaturated/α-hetero) is 1. The summed E-state index contributed by atoms with van der Waals surface area (Å²) in [4.78, 5) is 44.9. The van der Waals surface area contributed by atoms with Gasteiger partial charge in [0.25, 0.3) is 5.78 Å². The number of amides is 1. The third-order valence-corrected chi connectivity index (χ3v) is 6.87. The Hall–Kier alpha value is -3.98. The Morgan fingerprint density at radius 1 is 1.03 bits per heavy atom. The van der Waals surface area contributed by atoms with Crippen LogP contribution in [0, 0.1) is 13.8 Å². The number of ether oxygens (including phenoxy) is 2. The number of carbonyl (C=O) groups is 3. The molecule has 2 aromatic carbocycles. The Morgan fingerprint density at radius 2 is 1.69 bits per heavy atom. The van der Waals surface area contributed by atoms with E-state index in [1.165, 1.54) is 4.90 Å². The molecule has 0 unspecified atom stereocenters. The molecular formula is C27H26N2O6S. The van der Waals surface area contributed by atoms with Gasteiger partial charge in [-0.3, -0.25) is 14.5 Å². The molecule has 1 aliphatic rings. The van der Waals surface area contributed by atoms with E-state index in [2.05, 4.69) is 4.98 Å². The summed E-state index contributed by atoms with van der Waals surface area (Å²) >= 11 is 0.976. The van der Waals surface area contributed by atoms with E-state index < -0.39 is 23.7 Å². The minimum Gasteiger partial charge on any atom is -0.507 e. The Balaban J connectivity index is 1.87. The van der Waals surface area contributed by atoms with E-state index in [1.807, 2.05) is 26.0 Å². The summed E-state index contributed by atoms with van der Waals surface area (Å²) in [5.41, 5.74) is 2.33. The summed E-state index contributed by atoms with van der Waals surface area (Å²) in [6, 6.07) is 13.0. The van der Waals surface area contributed by atoms with E-state index in [0.29, 0.717) is 29.2 Å². The van der Waals surface area contributed by atoms with Crippen molar-refractivity contribution in [3.63, 3.8) is 0 Å². The fourth-order valence-corrected chi connectivity index (χ4v) is 4.98. The number of rotatable bonds is 7. The van der Waals surface area contributed by atoms with Crippen molar-refractivity contribution < 1.29 is 29.0 Å². The number of thiazole rings is 1. The van der Waals surface area contributed by atoms with Crippen LogP contribution >= 0.6 is 11.3 Å². The first-order valence-electron chi connectivity index (χ1n) is 11.5. The maximum absolute atomic E-state index is 13.3. The Kier molecular flexibility index (Phi) is 7.21. The first kappa shape index (κ1) is 25.1. The third-order valence-electron chi connectivity index (χ3n) is 5.73. The average molecular weight is 507 g/mol. The van der Waals surface area contributed by atoms with Crippen molar-refractivity contribution in [2.45, 2.75) is 33.7 Å². The minimum absolute atomic E-state index is 0.0569. The van der Waals surface area contributed by atoms with Gasteiger partial charge in [-0.2, -0.15) is 0 Å². The number of esters is 1. The molecule has 4 rings (SSSR count). The monoisotopic (exact) mass is 506 g/mol. The van der Waals surface area contributed by atoms with Crippen molar-refractivity contribution in [1.82, 2.24) is 4.98 Å². The molecule has 186 valence electrons. The van der Waals surface area contributed by atoms with Crippen LogP contribution < -0.4 is 9.64 Å². The SMILES string of the molecule is CCOC(=O)c1sc(N2C(=O)C(=O)/C(=C(/O)c3ccc(OCC)cc3)[C@@H]2c2ccc(C)cc2)nc1C. The summed E-state index contributed by atoms with van der Waals surface area (Å²) in [5.74, 6) is -1.90. The third kappa shape index (κ3) is 4.61. The largest absolute Gasteiger partial charge is 0.507 e. The lowest BCUT2D eigenvalue weighted by molar-refractivity contribution is -0.132. The normalized spacial score (nSPS) is 16.9. The van der Waals surface area contributed by atoms with Crippen LogP contribution in [0.25, 0.3) is 5.76 Å². The minimum atomic E-state index is -0.933. The molecule has 0 spiro atoms. The quantitative estimate of drug-likeness (QED) is 0.209. The van der Waals surface area contributed by atoms with Crippen molar-refractivity contribution in [2.24, 2.45) is 0 Å². The summed E-state index contributed by atoms with van der Waals surface area (Å²) in [6.45, 7) is 7.82. The summed E-state index contributed by atoms with van der Waals surface area (Å²) in [6.07, 6.45) is 0. The fraction of sp³-hybridized carbons (Fsp3) is 0.259. The first-order chi connectivity index (χ1) is 17.3. The number of carbonyl (C=O) groups excluding carboxylic acids is 3. The lowest BCUT2D eigenvalue weighted by Gasteiger charge is -2.23. The van der Waals surface area contributed by atoms with Gasteiger partial charge < -0.3 is 14.6 Å². The topological polar surface area (TPSA) is 106 Å². The molecule has 1 amide bonds. The van der Waals surface area contributed by atoms with Gasteiger partial charge in [-0.05, 0) is 57.5 Å². The summed E-state index contributed by atoms with van der Waals surface area (Å²) < 4.78 is 10.6. The van der Waals surface area contributed by atoms with Crippen LogP contribution in [-0.2, 0) is 14.3 Å². The van der Waals surface area contributed by atoms with Crippen LogP contribution in [0.5, 0.6) is 5.75 Å². The van der Waals surface area contributed by atoms with Gasteiger partial charge in [0.15, 0.2) is 5.13 Å². The predicted molar refractivity (Wildman–Crippen MR) is 136 cm³/mol. The molecule has 0 radical (unpaired) electrons. The molecule has 1 saturated heterocycles. The van der Waals surface area contributed by atoms with Crippen LogP contribution in [0.4, 0.5) is 5.13 Å².